The fourth-order valence-corrected chi connectivity index (χ4v) is 0.947. The molecule has 0 aliphatic rings. The van der Waals surface area contributed by atoms with Crippen LogP contribution in [0.1, 0.15) is 61.3 Å². The summed E-state index contributed by atoms with van der Waals surface area (Å²) in [6.45, 7) is 14.9. The molecule has 0 aromatic heterocycles. The highest BCUT2D eigenvalue weighted by molar-refractivity contribution is 4.89. The zero-order valence-corrected chi connectivity index (χ0v) is 11.4. The van der Waals surface area contributed by atoms with Crippen molar-refractivity contribution in [3.63, 3.8) is 0 Å². The fraction of sp³-hybridized carbons (Fsp3) is 1.00. The Morgan fingerprint density at radius 3 is 1.36 bits per heavy atom. The van der Waals surface area contributed by atoms with Gasteiger partial charge in [0.05, 0.1) is 0 Å². The molecular weight excluding hydrogens is 174 g/mol. The molecule has 0 saturated heterocycles. The van der Waals surface area contributed by atoms with Gasteiger partial charge in [0.25, 0.3) is 0 Å². The molecule has 0 heterocycles. The molecule has 0 bridgehead atoms. The van der Waals surface area contributed by atoms with Crippen LogP contribution in [0.3, 0.4) is 0 Å². The molecular formula is C12H31NO. The van der Waals surface area contributed by atoms with Crippen LogP contribution in [0.2, 0.25) is 0 Å². The van der Waals surface area contributed by atoms with Gasteiger partial charge in [-0.15, -0.1) is 0 Å². The maximum absolute atomic E-state index is 7.00. The lowest BCUT2D eigenvalue weighted by Gasteiger charge is -2.38. The highest BCUT2D eigenvalue weighted by Crippen LogP contribution is 2.32. The van der Waals surface area contributed by atoms with Crippen molar-refractivity contribution in [3.05, 3.63) is 0 Å². The van der Waals surface area contributed by atoms with Crippen molar-refractivity contribution < 1.29 is 5.11 Å². The molecule has 0 aliphatic heterocycles. The van der Waals surface area contributed by atoms with Crippen molar-refractivity contribution in [2.75, 3.05) is 7.11 Å². The van der Waals surface area contributed by atoms with Crippen molar-refractivity contribution in [1.82, 2.24) is 0 Å². The molecule has 14 heavy (non-hydrogen) atoms. The Balaban J connectivity index is -0.000000266. The van der Waals surface area contributed by atoms with E-state index in [4.69, 9.17) is 10.8 Å². The van der Waals surface area contributed by atoms with Gasteiger partial charge in [-0.2, -0.15) is 0 Å². The standard InChI is InChI=1S/C9H21N.C2H6.CH4O/c1-6-7-8(2,3)9(4,5)10;2*1-2/h6-7,10H2,1-5H3;1-2H3;2H,1H3. The fourth-order valence-electron chi connectivity index (χ4n) is 0.947. The minimum atomic E-state index is -0.0526. The maximum Gasteiger partial charge on any atom is 0.0319 e. The van der Waals surface area contributed by atoms with E-state index in [1.807, 2.05) is 13.8 Å². The van der Waals surface area contributed by atoms with Gasteiger partial charge in [-0.1, -0.05) is 41.0 Å². The van der Waals surface area contributed by atoms with Crippen LogP contribution in [-0.4, -0.2) is 17.8 Å². The molecule has 3 N–H and O–H groups in total. The Hall–Kier alpha value is -0.0800. The van der Waals surface area contributed by atoms with E-state index in [9.17, 15) is 0 Å². The molecule has 0 saturated carbocycles. The van der Waals surface area contributed by atoms with Crippen LogP contribution < -0.4 is 5.73 Å². The molecule has 2 heteroatoms. The van der Waals surface area contributed by atoms with Gasteiger partial charge in [0.2, 0.25) is 0 Å². The summed E-state index contributed by atoms with van der Waals surface area (Å²) in [4.78, 5) is 0. The molecule has 0 spiro atoms. The predicted octanol–water partition coefficient (Wildman–Crippen LogP) is 3.18. The number of rotatable bonds is 3. The van der Waals surface area contributed by atoms with Gasteiger partial charge >= 0.3 is 0 Å². The second-order valence-electron chi connectivity index (χ2n) is 4.36. The van der Waals surface area contributed by atoms with Gasteiger partial charge in [0.15, 0.2) is 0 Å². The third-order valence-electron chi connectivity index (χ3n) is 2.62. The zero-order valence-electron chi connectivity index (χ0n) is 11.4. The number of aliphatic hydroxyl groups is 1. The predicted molar refractivity (Wildman–Crippen MR) is 66.4 cm³/mol. The van der Waals surface area contributed by atoms with Gasteiger partial charge in [-0.3, -0.25) is 0 Å². The number of hydrogen-bond donors (Lipinski definition) is 2. The minimum absolute atomic E-state index is 0.0526. The second kappa shape index (κ2) is 9.47. The van der Waals surface area contributed by atoms with Crippen LogP contribution in [0, 0.1) is 5.41 Å². The maximum atomic E-state index is 7.00. The summed E-state index contributed by atoms with van der Waals surface area (Å²) in [6.07, 6.45) is 2.42. The summed E-state index contributed by atoms with van der Waals surface area (Å²) in [5, 5.41) is 7.00. The second-order valence-corrected chi connectivity index (χ2v) is 4.36. The Morgan fingerprint density at radius 2 is 1.29 bits per heavy atom. The first kappa shape index (κ1) is 19.5. The van der Waals surface area contributed by atoms with E-state index in [1.54, 1.807) is 0 Å². The molecule has 0 radical (unpaired) electrons. The highest BCUT2D eigenvalue weighted by atomic mass is 16.2. The van der Waals surface area contributed by atoms with Crippen molar-refractivity contribution in [3.8, 4) is 0 Å². The third kappa shape index (κ3) is 8.52. The Labute approximate surface area is 90.9 Å². The number of nitrogens with two attached hydrogens (primary N) is 1. The van der Waals surface area contributed by atoms with E-state index in [2.05, 4.69) is 34.6 Å². The smallest absolute Gasteiger partial charge is 0.0319 e. The molecule has 0 atom stereocenters. The van der Waals surface area contributed by atoms with E-state index in [-0.39, 0.29) is 11.0 Å². The normalized spacial score (nSPS) is 10.7. The SMILES string of the molecule is CC.CCCC(C)(C)C(C)(C)N.CO. The van der Waals surface area contributed by atoms with E-state index in [0.29, 0.717) is 0 Å². The summed E-state index contributed by atoms with van der Waals surface area (Å²) < 4.78 is 0. The zero-order chi connectivity index (χ0) is 12.4. The molecule has 0 rings (SSSR count). The molecule has 2 nitrogen and oxygen atoms in total. The molecule has 0 fully saturated rings. The monoisotopic (exact) mass is 205 g/mol. The van der Waals surface area contributed by atoms with Gasteiger partial charge in [-0.25, -0.2) is 0 Å². The van der Waals surface area contributed by atoms with Crippen molar-refractivity contribution >= 4 is 0 Å². The van der Waals surface area contributed by atoms with E-state index < -0.39 is 0 Å². The quantitative estimate of drug-likeness (QED) is 0.743. The van der Waals surface area contributed by atoms with Crippen LogP contribution in [0.25, 0.3) is 0 Å². The molecule has 0 unspecified atom stereocenters. The van der Waals surface area contributed by atoms with Crippen LogP contribution in [0.15, 0.2) is 0 Å². The summed E-state index contributed by atoms with van der Waals surface area (Å²) in [5.41, 5.74) is 6.21. The first-order chi connectivity index (χ1) is 6.31. The first-order valence-electron chi connectivity index (χ1n) is 5.55. The topological polar surface area (TPSA) is 46.2 Å². The largest absolute Gasteiger partial charge is 0.400 e. The lowest BCUT2D eigenvalue weighted by atomic mass is 9.72. The number of aliphatic hydroxyl groups excluding tert-OH is 1. The van der Waals surface area contributed by atoms with Crippen molar-refractivity contribution in [2.45, 2.75) is 66.8 Å². The van der Waals surface area contributed by atoms with E-state index >= 15 is 0 Å². The molecule has 0 aliphatic carbocycles. The molecule has 0 aromatic rings. The van der Waals surface area contributed by atoms with Crippen LogP contribution in [-0.2, 0) is 0 Å². The molecule has 90 valence electrons. The highest BCUT2D eigenvalue weighted by Gasteiger charge is 2.31. The summed E-state index contributed by atoms with van der Waals surface area (Å²) in [5.74, 6) is 0. The van der Waals surface area contributed by atoms with Crippen LogP contribution in [0.4, 0.5) is 0 Å². The summed E-state index contributed by atoms with van der Waals surface area (Å²) >= 11 is 0. The minimum Gasteiger partial charge on any atom is -0.400 e. The summed E-state index contributed by atoms with van der Waals surface area (Å²) in [7, 11) is 1.00. The Morgan fingerprint density at radius 1 is 1.00 bits per heavy atom. The molecule has 0 amide bonds. The Kier molecular flexibility index (Phi) is 13.2. The van der Waals surface area contributed by atoms with E-state index in [1.165, 1.54) is 12.8 Å². The van der Waals surface area contributed by atoms with Crippen LogP contribution in [0.5, 0.6) is 0 Å². The van der Waals surface area contributed by atoms with Crippen molar-refractivity contribution in [2.24, 2.45) is 11.1 Å². The van der Waals surface area contributed by atoms with E-state index in [0.717, 1.165) is 7.11 Å². The average Bonchev–Trinajstić information content (AvgIpc) is 2.09. The van der Waals surface area contributed by atoms with Crippen LogP contribution >= 0.6 is 0 Å². The molecule has 0 aromatic carbocycles. The van der Waals surface area contributed by atoms with Gasteiger partial charge in [0.1, 0.15) is 0 Å². The first-order valence-corrected chi connectivity index (χ1v) is 5.55. The van der Waals surface area contributed by atoms with Crippen molar-refractivity contribution in [1.29, 1.82) is 0 Å². The number of hydrogen-bond acceptors (Lipinski definition) is 2. The lowest BCUT2D eigenvalue weighted by molar-refractivity contribution is 0.184. The van der Waals surface area contributed by atoms with Gasteiger partial charge in [0, 0.05) is 12.6 Å². The average molecular weight is 205 g/mol. The van der Waals surface area contributed by atoms with Gasteiger partial charge < -0.3 is 10.8 Å². The Bertz CT molecular complexity index is 103. The van der Waals surface area contributed by atoms with Gasteiger partial charge in [-0.05, 0) is 25.7 Å². The summed E-state index contributed by atoms with van der Waals surface area (Å²) in [6, 6.07) is 0. The lowest BCUT2D eigenvalue weighted by Crippen LogP contribution is -2.47. The third-order valence-corrected chi connectivity index (χ3v) is 2.62.